The van der Waals surface area contributed by atoms with E-state index in [1.807, 2.05) is 0 Å². The molecule has 5 rings (SSSR count). The maximum absolute atomic E-state index is 12.4. The van der Waals surface area contributed by atoms with Crippen LogP contribution in [0.4, 0.5) is 0 Å². The molecule has 2 aliphatic heterocycles. The van der Waals surface area contributed by atoms with Gasteiger partial charge in [-0.1, -0.05) is 0 Å². The Morgan fingerprint density at radius 2 is 1.03 bits per heavy atom. The average molecular weight is 468 g/mol. The van der Waals surface area contributed by atoms with Gasteiger partial charge >= 0.3 is 11.9 Å². The predicted octanol–water partition coefficient (Wildman–Crippen LogP) is 3.74. The Balaban J connectivity index is 1.12. The first-order chi connectivity index (χ1) is 16.1. The third-order valence-electron chi connectivity index (χ3n) is 4.75. The predicted molar refractivity (Wildman–Crippen MR) is 118 cm³/mol. The van der Waals surface area contributed by atoms with Crippen LogP contribution >= 0.6 is 11.3 Å². The first-order valence-electron chi connectivity index (χ1n) is 10.4. The number of hydrogen-bond donors (Lipinski definition) is 0. The van der Waals surface area contributed by atoms with E-state index in [0.717, 1.165) is 24.6 Å². The van der Waals surface area contributed by atoms with Crippen molar-refractivity contribution in [2.45, 2.75) is 12.2 Å². The van der Waals surface area contributed by atoms with E-state index < -0.39 is 11.9 Å². The molecule has 2 saturated heterocycles. The number of rotatable bonds is 10. The van der Waals surface area contributed by atoms with Crippen molar-refractivity contribution >= 4 is 23.3 Å². The summed E-state index contributed by atoms with van der Waals surface area (Å²) in [5.74, 6) is 0.984. The molecule has 0 spiro atoms. The molecule has 2 aliphatic rings. The second-order valence-corrected chi connectivity index (χ2v) is 8.50. The fourth-order valence-electron chi connectivity index (χ4n) is 2.79. The van der Waals surface area contributed by atoms with E-state index in [1.54, 1.807) is 48.5 Å². The lowest BCUT2D eigenvalue weighted by molar-refractivity contribution is 0.0732. The zero-order chi connectivity index (χ0) is 22.6. The fourth-order valence-corrected chi connectivity index (χ4v) is 3.55. The van der Waals surface area contributed by atoms with Crippen LogP contribution in [-0.4, -0.2) is 50.6 Å². The lowest BCUT2D eigenvalue weighted by atomic mass is 10.3. The Kier molecular flexibility index (Phi) is 6.25. The third kappa shape index (κ3) is 6.10. The monoisotopic (exact) mass is 468 g/mol. The third-order valence-corrected chi connectivity index (χ3v) is 5.80. The number of hydrogen-bond acceptors (Lipinski definition) is 9. The van der Waals surface area contributed by atoms with Crippen LogP contribution in [0.25, 0.3) is 0 Å². The minimum absolute atomic E-state index is 0.170. The molecule has 8 nitrogen and oxygen atoms in total. The Morgan fingerprint density at radius 1 is 0.667 bits per heavy atom. The summed E-state index contributed by atoms with van der Waals surface area (Å²) in [6.07, 6.45) is 0.339. The van der Waals surface area contributed by atoms with Gasteiger partial charge in [0.25, 0.3) is 0 Å². The molecule has 2 unspecified atom stereocenters. The molecule has 0 aliphatic carbocycles. The highest BCUT2D eigenvalue weighted by atomic mass is 32.1. The largest absolute Gasteiger partial charge is 0.491 e. The van der Waals surface area contributed by atoms with Gasteiger partial charge in [0.1, 0.15) is 58.2 Å². The van der Waals surface area contributed by atoms with Crippen molar-refractivity contribution in [2.24, 2.45) is 0 Å². The van der Waals surface area contributed by atoms with E-state index >= 15 is 0 Å². The van der Waals surface area contributed by atoms with Gasteiger partial charge in [-0.25, -0.2) is 9.59 Å². The summed E-state index contributed by atoms with van der Waals surface area (Å²) in [7, 11) is 0. The average Bonchev–Trinajstić information content (AvgIpc) is 3.77. The maximum Gasteiger partial charge on any atom is 0.353 e. The molecule has 33 heavy (non-hydrogen) atoms. The van der Waals surface area contributed by atoms with E-state index in [0.29, 0.717) is 46.0 Å². The summed E-state index contributed by atoms with van der Waals surface area (Å²) in [5, 5.41) is 0. The number of carbonyl (C=O) groups excluding carboxylic acids is 2. The molecule has 2 atom stereocenters. The van der Waals surface area contributed by atoms with Gasteiger partial charge in [0.2, 0.25) is 0 Å². The normalized spacial score (nSPS) is 18.3. The van der Waals surface area contributed by atoms with E-state index in [9.17, 15) is 9.59 Å². The minimum atomic E-state index is -0.555. The van der Waals surface area contributed by atoms with Crippen molar-refractivity contribution in [2.75, 3.05) is 26.4 Å². The highest BCUT2D eigenvalue weighted by Crippen LogP contribution is 2.25. The molecule has 3 heterocycles. The maximum atomic E-state index is 12.4. The van der Waals surface area contributed by atoms with Crippen LogP contribution in [0.1, 0.15) is 19.3 Å². The molecular formula is C24H20O8S. The van der Waals surface area contributed by atoms with Crippen LogP contribution in [0.5, 0.6) is 23.0 Å². The standard InChI is InChI=1S/C24H20O8S/c25-23(31-17-5-1-15(2-6-17)27-11-19-13-29-19)21-9-10-22(33-21)24(26)32-18-7-3-16(4-8-18)28-12-20-14-30-20/h1-10,19-20H,11-14H2. The number of epoxide rings is 2. The van der Waals surface area contributed by atoms with Gasteiger partial charge in [-0.2, -0.15) is 0 Å². The van der Waals surface area contributed by atoms with Crippen molar-refractivity contribution in [3.63, 3.8) is 0 Å². The van der Waals surface area contributed by atoms with Crippen LogP contribution < -0.4 is 18.9 Å². The molecular weight excluding hydrogens is 448 g/mol. The SMILES string of the molecule is O=C(Oc1ccc(OCC2CO2)cc1)c1ccc(C(=O)Oc2ccc(OCC3CO3)cc2)s1. The Labute approximate surface area is 193 Å². The topological polar surface area (TPSA) is 96.1 Å². The molecule has 1 aromatic heterocycles. The van der Waals surface area contributed by atoms with E-state index in [4.69, 9.17) is 28.4 Å². The van der Waals surface area contributed by atoms with Gasteiger partial charge < -0.3 is 28.4 Å². The van der Waals surface area contributed by atoms with Crippen molar-refractivity contribution in [1.29, 1.82) is 0 Å². The molecule has 3 aromatic rings. The number of esters is 2. The highest BCUT2D eigenvalue weighted by Gasteiger charge is 2.24. The molecule has 9 heteroatoms. The summed E-state index contributed by atoms with van der Waals surface area (Å²) >= 11 is 1.00. The van der Waals surface area contributed by atoms with E-state index in [1.165, 1.54) is 12.1 Å². The second kappa shape index (κ2) is 9.62. The number of ether oxygens (including phenoxy) is 6. The van der Waals surface area contributed by atoms with Crippen molar-refractivity contribution < 1.29 is 38.0 Å². The molecule has 0 amide bonds. The summed E-state index contributed by atoms with van der Waals surface area (Å²) in [6, 6.07) is 16.5. The Hall–Kier alpha value is -3.40. The van der Waals surface area contributed by atoms with Crippen LogP contribution in [0.3, 0.4) is 0 Å². The first kappa shape index (κ1) is 21.4. The van der Waals surface area contributed by atoms with Gasteiger partial charge in [0.15, 0.2) is 0 Å². The van der Waals surface area contributed by atoms with Crippen molar-refractivity contribution in [1.82, 2.24) is 0 Å². The van der Waals surface area contributed by atoms with E-state index in [-0.39, 0.29) is 12.2 Å². The summed E-state index contributed by atoms with van der Waals surface area (Å²) < 4.78 is 32.1. The molecule has 0 radical (unpaired) electrons. The molecule has 0 saturated carbocycles. The van der Waals surface area contributed by atoms with Crippen molar-refractivity contribution in [3.05, 3.63) is 70.4 Å². The van der Waals surface area contributed by atoms with Crippen LogP contribution in [0, 0.1) is 0 Å². The first-order valence-corrected chi connectivity index (χ1v) is 11.2. The van der Waals surface area contributed by atoms with Crippen molar-refractivity contribution in [3.8, 4) is 23.0 Å². The molecule has 2 aromatic carbocycles. The summed E-state index contributed by atoms with van der Waals surface area (Å²) in [6.45, 7) is 2.45. The van der Waals surface area contributed by atoms with Gasteiger partial charge in [-0.3, -0.25) is 0 Å². The highest BCUT2D eigenvalue weighted by molar-refractivity contribution is 7.15. The zero-order valence-corrected chi connectivity index (χ0v) is 18.2. The van der Waals surface area contributed by atoms with Gasteiger partial charge in [0.05, 0.1) is 13.2 Å². The Bertz CT molecular complexity index is 1030. The molecule has 0 N–H and O–H groups in total. The van der Waals surface area contributed by atoms with E-state index in [2.05, 4.69) is 0 Å². The van der Waals surface area contributed by atoms with Gasteiger partial charge in [-0.15, -0.1) is 11.3 Å². The molecule has 170 valence electrons. The Morgan fingerprint density at radius 3 is 1.39 bits per heavy atom. The summed E-state index contributed by atoms with van der Waals surface area (Å²) in [5.41, 5.74) is 0. The van der Waals surface area contributed by atoms with Gasteiger partial charge in [-0.05, 0) is 60.7 Å². The summed E-state index contributed by atoms with van der Waals surface area (Å²) in [4.78, 5) is 25.4. The lowest BCUT2D eigenvalue weighted by Gasteiger charge is -2.06. The van der Waals surface area contributed by atoms with Crippen LogP contribution in [0.15, 0.2) is 60.7 Å². The lowest BCUT2D eigenvalue weighted by Crippen LogP contribution is -2.08. The number of thiophene rings is 1. The smallest absolute Gasteiger partial charge is 0.353 e. The van der Waals surface area contributed by atoms with Crippen LogP contribution in [-0.2, 0) is 9.47 Å². The second-order valence-electron chi connectivity index (χ2n) is 7.42. The van der Waals surface area contributed by atoms with Crippen LogP contribution in [0.2, 0.25) is 0 Å². The molecule has 0 bridgehead atoms. The zero-order valence-electron chi connectivity index (χ0n) is 17.4. The number of carbonyl (C=O) groups is 2. The quantitative estimate of drug-likeness (QED) is 0.252. The fraction of sp³-hybridized carbons (Fsp3) is 0.250. The molecule has 2 fully saturated rings. The van der Waals surface area contributed by atoms with Gasteiger partial charge in [0, 0.05) is 0 Å². The minimum Gasteiger partial charge on any atom is -0.491 e. The number of benzene rings is 2.